The predicted molar refractivity (Wildman–Crippen MR) is 90.9 cm³/mol. The van der Waals surface area contributed by atoms with E-state index < -0.39 is 5.60 Å². The maximum absolute atomic E-state index is 11.4. The molecule has 6 atom stereocenters. The second-order valence-corrected chi connectivity index (χ2v) is 10.3. The summed E-state index contributed by atoms with van der Waals surface area (Å²) in [5.41, 5.74) is -0.810. The third-order valence-corrected chi connectivity index (χ3v) is 8.37. The summed E-state index contributed by atoms with van der Waals surface area (Å²) in [4.78, 5) is 11.4. The number of fused-ring (bicyclic) bond motifs is 4. The summed E-state index contributed by atoms with van der Waals surface area (Å²) in [5, 5.41) is 20.0. The van der Waals surface area contributed by atoms with Crippen LogP contribution < -0.4 is 0 Å². The molecular weight excluding hydrogens is 288 g/mol. The van der Waals surface area contributed by atoms with Crippen LogP contribution in [0.3, 0.4) is 0 Å². The van der Waals surface area contributed by atoms with Crippen molar-refractivity contribution in [3.8, 4) is 0 Å². The van der Waals surface area contributed by atoms with E-state index >= 15 is 0 Å². The molecule has 0 aliphatic heterocycles. The predicted octanol–water partition coefficient (Wildman–Crippen LogP) is 3.57. The molecule has 0 amide bonds. The van der Waals surface area contributed by atoms with Gasteiger partial charge in [0.25, 0.3) is 0 Å². The highest BCUT2D eigenvalue weighted by atomic mass is 16.3. The van der Waals surface area contributed by atoms with Crippen LogP contribution in [0.2, 0.25) is 0 Å². The Morgan fingerprint density at radius 2 is 1.39 bits per heavy atom. The number of ketones is 1. The quantitative estimate of drug-likeness (QED) is 0.717. The highest BCUT2D eigenvalue weighted by molar-refractivity contribution is 5.89. The Hall–Kier alpha value is -0.410. The lowest BCUT2D eigenvalue weighted by Crippen LogP contribution is -2.64. The van der Waals surface area contributed by atoms with Crippen molar-refractivity contribution in [1.82, 2.24) is 0 Å². The number of hydrogen-bond donors (Lipinski definition) is 2. The second-order valence-electron chi connectivity index (χ2n) is 10.3. The lowest BCUT2D eigenvalue weighted by Gasteiger charge is -2.62. The zero-order chi connectivity index (χ0) is 17.4. The second kappa shape index (κ2) is 4.82. The van der Waals surface area contributed by atoms with E-state index in [-0.39, 0.29) is 22.7 Å². The summed E-state index contributed by atoms with van der Waals surface area (Å²) in [7, 11) is 0. The molecule has 3 nitrogen and oxygen atoms in total. The Morgan fingerprint density at radius 1 is 0.870 bits per heavy atom. The van der Waals surface area contributed by atoms with Crippen molar-refractivity contribution in [2.24, 2.45) is 34.5 Å². The van der Waals surface area contributed by atoms with E-state index in [1.807, 2.05) is 6.92 Å². The first kappa shape index (κ1) is 17.4. The molecular formula is C20H34O3. The van der Waals surface area contributed by atoms with Crippen LogP contribution in [0.15, 0.2) is 0 Å². The Labute approximate surface area is 140 Å². The monoisotopic (exact) mass is 322 g/mol. The Balaban J connectivity index is 0.000000136. The van der Waals surface area contributed by atoms with E-state index in [4.69, 9.17) is 0 Å². The third-order valence-electron chi connectivity index (χ3n) is 8.37. The molecule has 6 fully saturated rings. The van der Waals surface area contributed by atoms with Crippen LogP contribution >= 0.6 is 0 Å². The lowest BCUT2D eigenvalue weighted by atomic mass is 9.44. The molecule has 0 aromatic heterocycles. The van der Waals surface area contributed by atoms with Crippen LogP contribution in [0.4, 0.5) is 0 Å². The zero-order valence-corrected chi connectivity index (χ0v) is 15.6. The average molecular weight is 322 g/mol. The van der Waals surface area contributed by atoms with Crippen molar-refractivity contribution in [2.45, 2.75) is 84.8 Å². The molecule has 4 bridgehead atoms. The van der Waals surface area contributed by atoms with E-state index in [1.54, 1.807) is 6.92 Å². The van der Waals surface area contributed by atoms with Gasteiger partial charge in [-0.15, -0.1) is 0 Å². The molecule has 3 heteroatoms. The number of hydrogen-bond acceptors (Lipinski definition) is 3. The van der Waals surface area contributed by atoms with Crippen LogP contribution in [0.25, 0.3) is 0 Å². The molecule has 6 aliphatic rings. The number of aliphatic hydroxyl groups is 2. The number of carbonyl (C=O) groups is 1. The minimum absolute atomic E-state index is 0.0445. The van der Waals surface area contributed by atoms with Crippen molar-refractivity contribution in [2.75, 3.05) is 0 Å². The molecule has 0 saturated heterocycles. The van der Waals surface area contributed by atoms with Gasteiger partial charge >= 0.3 is 0 Å². The maximum atomic E-state index is 11.4. The standard InChI is InChI=1S/C10H16O2.C10H18O/c1-9(2)6-4-7(9)10(3,12)8(11)5-6;1-9(2)7-4-5-10(3,11)8(9)6-7/h6-7,12H,4-5H2,1-3H3;7-8,11H,4-6H2,1-3H3. The highest BCUT2D eigenvalue weighted by Gasteiger charge is 2.62. The summed E-state index contributed by atoms with van der Waals surface area (Å²) in [6.07, 6.45) is 5.13. The lowest BCUT2D eigenvalue weighted by molar-refractivity contribution is -0.196. The smallest absolute Gasteiger partial charge is 0.164 e. The van der Waals surface area contributed by atoms with E-state index in [2.05, 4.69) is 27.7 Å². The van der Waals surface area contributed by atoms with Crippen LogP contribution in [-0.2, 0) is 4.79 Å². The molecule has 132 valence electrons. The van der Waals surface area contributed by atoms with Gasteiger partial charge in [0, 0.05) is 12.3 Å². The first-order valence-corrected chi connectivity index (χ1v) is 9.29. The van der Waals surface area contributed by atoms with Crippen molar-refractivity contribution in [3.63, 3.8) is 0 Å². The van der Waals surface area contributed by atoms with E-state index in [0.29, 0.717) is 23.7 Å². The summed E-state index contributed by atoms with van der Waals surface area (Å²) in [5.74, 6) is 2.22. The van der Waals surface area contributed by atoms with Crippen molar-refractivity contribution < 1.29 is 15.0 Å². The van der Waals surface area contributed by atoms with Gasteiger partial charge in [-0.05, 0) is 68.1 Å². The minimum Gasteiger partial charge on any atom is -0.390 e. The van der Waals surface area contributed by atoms with Crippen LogP contribution in [0.1, 0.15) is 73.6 Å². The molecule has 0 radical (unpaired) electrons. The molecule has 6 saturated carbocycles. The number of Topliss-reactive ketones (excluding diaryl/α,β-unsaturated/α-hetero) is 1. The van der Waals surface area contributed by atoms with Gasteiger partial charge in [0.1, 0.15) is 5.60 Å². The molecule has 6 rings (SSSR count). The molecule has 0 aromatic rings. The summed E-state index contributed by atoms with van der Waals surface area (Å²) >= 11 is 0. The van der Waals surface area contributed by atoms with Gasteiger partial charge in [-0.1, -0.05) is 27.7 Å². The normalized spacial score (nSPS) is 51.7. The molecule has 6 aliphatic carbocycles. The van der Waals surface area contributed by atoms with Gasteiger partial charge in [0.2, 0.25) is 0 Å². The van der Waals surface area contributed by atoms with Gasteiger partial charge in [-0.2, -0.15) is 0 Å². The van der Waals surface area contributed by atoms with Crippen molar-refractivity contribution in [1.29, 1.82) is 0 Å². The first-order valence-electron chi connectivity index (χ1n) is 9.29. The largest absolute Gasteiger partial charge is 0.390 e. The highest BCUT2D eigenvalue weighted by Crippen LogP contribution is 2.62. The van der Waals surface area contributed by atoms with Gasteiger partial charge in [-0.25, -0.2) is 0 Å². The van der Waals surface area contributed by atoms with Gasteiger partial charge in [0.05, 0.1) is 5.60 Å². The van der Waals surface area contributed by atoms with E-state index in [0.717, 1.165) is 18.8 Å². The number of rotatable bonds is 0. The fraction of sp³-hybridized carbons (Fsp3) is 0.950. The van der Waals surface area contributed by atoms with Gasteiger partial charge in [-0.3, -0.25) is 4.79 Å². The fourth-order valence-electron chi connectivity index (χ4n) is 6.14. The zero-order valence-electron chi connectivity index (χ0n) is 15.6. The van der Waals surface area contributed by atoms with E-state index in [9.17, 15) is 15.0 Å². The first-order chi connectivity index (χ1) is 10.3. The number of carbonyl (C=O) groups excluding carboxylic acids is 1. The Bertz CT molecular complexity index is 505. The van der Waals surface area contributed by atoms with Gasteiger partial charge < -0.3 is 10.2 Å². The molecule has 6 unspecified atom stereocenters. The van der Waals surface area contributed by atoms with Crippen molar-refractivity contribution >= 4 is 5.78 Å². The van der Waals surface area contributed by atoms with E-state index in [1.165, 1.54) is 12.8 Å². The molecule has 23 heavy (non-hydrogen) atoms. The summed E-state index contributed by atoms with van der Waals surface area (Å²) in [6, 6.07) is 0. The third kappa shape index (κ3) is 2.33. The Morgan fingerprint density at radius 3 is 1.70 bits per heavy atom. The minimum atomic E-state index is -1.04. The SMILES string of the molecule is CC1(O)C(=O)CC2CC1C2(C)C.CC1(O)CCC2CC1C2(C)C. The summed E-state index contributed by atoms with van der Waals surface area (Å²) < 4.78 is 0. The molecule has 0 aromatic carbocycles. The Kier molecular flexibility index (Phi) is 3.65. The van der Waals surface area contributed by atoms with Crippen LogP contribution in [0, 0.1) is 34.5 Å². The van der Waals surface area contributed by atoms with Crippen molar-refractivity contribution in [3.05, 3.63) is 0 Å². The van der Waals surface area contributed by atoms with Crippen LogP contribution in [0.5, 0.6) is 0 Å². The average Bonchev–Trinajstić information content (AvgIpc) is 2.40. The molecule has 0 spiro atoms. The maximum Gasteiger partial charge on any atom is 0.164 e. The molecule has 0 heterocycles. The fourth-order valence-corrected chi connectivity index (χ4v) is 6.14. The summed E-state index contributed by atoms with van der Waals surface area (Å²) in [6.45, 7) is 12.6. The topological polar surface area (TPSA) is 57.5 Å². The molecule has 2 N–H and O–H groups in total. The van der Waals surface area contributed by atoms with Crippen LogP contribution in [-0.4, -0.2) is 27.2 Å². The van der Waals surface area contributed by atoms with Gasteiger partial charge in [0.15, 0.2) is 5.78 Å².